The lowest BCUT2D eigenvalue weighted by molar-refractivity contribution is -0.141. The lowest BCUT2D eigenvalue weighted by Gasteiger charge is -2.10. The number of carboxylic acid groups (broad SMARTS) is 1. The Labute approximate surface area is 150 Å². The number of nitrogens with one attached hydrogen (secondary N) is 1. The van der Waals surface area contributed by atoms with E-state index in [0.29, 0.717) is 10.4 Å². The Bertz CT molecular complexity index is 905. The second-order valence-electron chi connectivity index (χ2n) is 5.83. The SMILES string of the molecule is NCC(=O)Nc1sc2c(c1C(=O)c1c(F)cccc1F)CC(C(=O)O)C2. The minimum atomic E-state index is -1.03. The van der Waals surface area contributed by atoms with Crippen molar-refractivity contribution in [3.05, 3.63) is 51.4 Å². The average Bonchev–Trinajstić information content (AvgIpc) is 3.11. The number of halogens is 2. The Balaban J connectivity index is 2.11. The van der Waals surface area contributed by atoms with Crippen molar-refractivity contribution in [1.82, 2.24) is 0 Å². The molecule has 0 spiro atoms. The molecule has 3 rings (SSSR count). The van der Waals surface area contributed by atoms with Crippen LogP contribution in [0, 0.1) is 17.6 Å². The van der Waals surface area contributed by atoms with Crippen LogP contribution in [0.5, 0.6) is 0 Å². The highest BCUT2D eigenvalue weighted by molar-refractivity contribution is 7.17. The van der Waals surface area contributed by atoms with Gasteiger partial charge in [-0.25, -0.2) is 8.78 Å². The topological polar surface area (TPSA) is 109 Å². The number of hydrogen-bond acceptors (Lipinski definition) is 5. The molecule has 0 aliphatic heterocycles. The molecule has 136 valence electrons. The van der Waals surface area contributed by atoms with Crippen molar-refractivity contribution in [3.63, 3.8) is 0 Å². The summed E-state index contributed by atoms with van der Waals surface area (Å²) in [4.78, 5) is 36.4. The van der Waals surface area contributed by atoms with E-state index < -0.39 is 40.8 Å². The third-order valence-electron chi connectivity index (χ3n) is 4.18. The van der Waals surface area contributed by atoms with Crippen LogP contribution in [-0.4, -0.2) is 29.3 Å². The third kappa shape index (κ3) is 3.11. The van der Waals surface area contributed by atoms with Crippen molar-refractivity contribution in [2.75, 3.05) is 11.9 Å². The molecule has 1 heterocycles. The van der Waals surface area contributed by atoms with Crippen molar-refractivity contribution >= 4 is 34.0 Å². The molecule has 2 aromatic rings. The Morgan fingerprint density at radius 1 is 1.19 bits per heavy atom. The van der Waals surface area contributed by atoms with Crippen LogP contribution in [0.25, 0.3) is 0 Å². The van der Waals surface area contributed by atoms with Gasteiger partial charge < -0.3 is 16.2 Å². The van der Waals surface area contributed by atoms with Gasteiger partial charge in [-0.15, -0.1) is 11.3 Å². The highest BCUT2D eigenvalue weighted by Gasteiger charge is 2.36. The van der Waals surface area contributed by atoms with Gasteiger partial charge >= 0.3 is 5.97 Å². The Hall–Kier alpha value is -2.65. The predicted octanol–water partition coefficient (Wildman–Crippen LogP) is 1.95. The zero-order valence-electron chi connectivity index (χ0n) is 13.3. The molecule has 0 fully saturated rings. The van der Waals surface area contributed by atoms with Crippen LogP contribution in [-0.2, 0) is 22.4 Å². The predicted molar refractivity (Wildman–Crippen MR) is 90.3 cm³/mol. The number of amides is 1. The van der Waals surface area contributed by atoms with E-state index in [1.807, 2.05) is 0 Å². The molecular weight excluding hydrogens is 366 g/mol. The molecule has 1 atom stereocenters. The summed E-state index contributed by atoms with van der Waals surface area (Å²) in [6.07, 6.45) is 0.241. The quantitative estimate of drug-likeness (QED) is 0.687. The van der Waals surface area contributed by atoms with Gasteiger partial charge in [-0.3, -0.25) is 14.4 Å². The maximum atomic E-state index is 14.1. The van der Waals surface area contributed by atoms with E-state index in [1.54, 1.807) is 0 Å². The Kier molecular flexibility index (Phi) is 4.84. The number of anilines is 1. The molecule has 1 aliphatic rings. The monoisotopic (exact) mass is 380 g/mol. The van der Waals surface area contributed by atoms with Crippen molar-refractivity contribution in [2.45, 2.75) is 12.8 Å². The van der Waals surface area contributed by atoms with Gasteiger partial charge in [0.25, 0.3) is 0 Å². The lowest BCUT2D eigenvalue weighted by Crippen LogP contribution is -2.23. The zero-order valence-corrected chi connectivity index (χ0v) is 14.2. The van der Waals surface area contributed by atoms with Gasteiger partial charge in [-0.1, -0.05) is 6.07 Å². The van der Waals surface area contributed by atoms with Crippen molar-refractivity contribution in [3.8, 4) is 0 Å². The highest BCUT2D eigenvalue weighted by Crippen LogP contribution is 2.42. The molecule has 1 amide bonds. The molecule has 1 aromatic carbocycles. The normalized spacial score (nSPS) is 15.6. The minimum absolute atomic E-state index is 0.0524. The van der Waals surface area contributed by atoms with Crippen molar-refractivity contribution in [1.29, 1.82) is 0 Å². The number of ketones is 1. The van der Waals surface area contributed by atoms with E-state index >= 15 is 0 Å². The van der Waals surface area contributed by atoms with Crippen LogP contribution < -0.4 is 11.1 Å². The van der Waals surface area contributed by atoms with Gasteiger partial charge in [0.15, 0.2) is 0 Å². The summed E-state index contributed by atoms with van der Waals surface area (Å²) < 4.78 is 28.1. The Morgan fingerprint density at radius 3 is 2.42 bits per heavy atom. The molecule has 26 heavy (non-hydrogen) atoms. The second-order valence-corrected chi connectivity index (χ2v) is 6.93. The zero-order chi connectivity index (χ0) is 19.0. The fraction of sp³-hybridized carbons (Fsp3) is 0.235. The number of benzene rings is 1. The first-order chi connectivity index (χ1) is 12.3. The summed E-state index contributed by atoms with van der Waals surface area (Å²) in [7, 11) is 0. The van der Waals surface area contributed by atoms with E-state index in [0.717, 1.165) is 29.5 Å². The fourth-order valence-electron chi connectivity index (χ4n) is 2.96. The number of thiophene rings is 1. The smallest absolute Gasteiger partial charge is 0.307 e. The largest absolute Gasteiger partial charge is 0.481 e. The second kappa shape index (κ2) is 6.93. The van der Waals surface area contributed by atoms with Crippen LogP contribution in [0.3, 0.4) is 0 Å². The number of hydrogen-bond donors (Lipinski definition) is 3. The van der Waals surface area contributed by atoms with Gasteiger partial charge in [-0.2, -0.15) is 0 Å². The standard InChI is InChI=1S/C17H14F2N2O4S/c18-9-2-1-3-10(19)14(9)15(23)13-8-4-7(17(24)25)5-11(8)26-16(13)21-12(22)6-20/h1-3,7H,4-6,20H2,(H,21,22)(H,24,25). The molecule has 0 saturated heterocycles. The summed E-state index contributed by atoms with van der Waals surface area (Å²) in [5, 5.41) is 11.8. The van der Waals surface area contributed by atoms with E-state index in [4.69, 9.17) is 5.73 Å². The molecular formula is C17H14F2N2O4S. The maximum absolute atomic E-state index is 14.1. The third-order valence-corrected chi connectivity index (χ3v) is 5.35. The van der Waals surface area contributed by atoms with E-state index in [9.17, 15) is 28.3 Å². The van der Waals surface area contributed by atoms with Crippen LogP contribution >= 0.6 is 11.3 Å². The number of nitrogens with two attached hydrogens (primary N) is 1. The summed E-state index contributed by atoms with van der Waals surface area (Å²) in [6.45, 7) is -0.331. The first-order valence-corrected chi connectivity index (χ1v) is 8.51. The van der Waals surface area contributed by atoms with E-state index in [-0.39, 0.29) is 30.0 Å². The van der Waals surface area contributed by atoms with Gasteiger partial charge in [0.05, 0.1) is 23.6 Å². The molecule has 1 aliphatic carbocycles. The number of carbonyl (C=O) groups is 3. The first kappa shape index (κ1) is 18.2. The summed E-state index contributed by atoms with van der Waals surface area (Å²) >= 11 is 1.03. The van der Waals surface area contributed by atoms with Gasteiger partial charge in [-0.05, 0) is 30.5 Å². The van der Waals surface area contributed by atoms with Crippen LogP contribution in [0.15, 0.2) is 18.2 Å². The van der Waals surface area contributed by atoms with Gasteiger partial charge in [0.2, 0.25) is 11.7 Å². The molecule has 1 aromatic heterocycles. The summed E-state index contributed by atoms with van der Waals surface area (Å²) in [5.41, 5.74) is 4.86. The number of rotatable bonds is 5. The molecule has 6 nitrogen and oxygen atoms in total. The Morgan fingerprint density at radius 2 is 1.85 bits per heavy atom. The number of carbonyl (C=O) groups excluding carboxylic acids is 2. The van der Waals surface area contributed by atoms with Gasteiger partial charge in [0.1, 0.15) is 16.6 Å². The maximum Gasteiger partial charge on any atom is 0.307 e. The molecule has 0 saturated carbocycles. The molecule has 9 heteroatoms. The number of fused-ring (bicyclic) bond motifs is 1. The van der Waals surface area contributed by atoms with Gasteiger partial charge in [0, 0.05) is 4.88 Å². The van der Waals surface area contributed by atoms with Crippen molar-refractivity contribution in [2.24, 2.45) is 11.7 Å². The van der Waals surface area contributed by atoms with Crippen LogP contribution in [0.4, 0.5) is 13.8 Å². The number of carboxylic acids is 1. The van der Waals surface area contributed by atoms with Crippen LogP contribution in [0.2, 0.25) is 0 Å². The molecule has 1 unspecified atom stereocenters. The summed E-state index contributed by atoms with van der Waals surface area (Å²) in [5.74, 6) is -5.29. The molecule has 0 bridgehead atoms. The highest BCUT2D eigenvalue weighted by atomic mass is 32.1. The fourth-order valence-corrected chi connectivity index (χ4v) is 4.28. The summed E-state index contributed by atoms with van der Waals surface area (Å²) in [6, 6.07) is 3.05. The minimum Gasteiger partial charge on any atom is -0.481 e. The molecule has 0 radical (unpaired) electrons. The van der Waals surface area contributed by atoms with E-state index in [1.165, 1.54) is 0 Å². The van der Waals surface area contributed by atoms with Crippen LogP contribution in [0.1, 0.15) is 26.4 Å². The molecule has 4 N–H and O–H groups in total. The lowest BCUT2D eigenvalue weighted by atomic mass is 9.98. The van der Waals surface area contributed by atoms with E-state index in [2.05, 4.69) is 5.32 Å². The number of aliphatic carboxylic acids is 1. The van der Waals surface area contributed by atoms with Crippen molar-refractivity contribution < 1.29 is 28.3 Å². The average molecular weight is 380 g/mol. The first-order valence-electron chi connectivity index (χ1n) is 7.69.